The average Bonchev–Trinajstić information content (AvgIpc) is 3.02. The maximum Gasteiger partial charge on any atom is 0.285 e. The predicted octanol–water partition coefficient (Wildman–Crippen LogP) is 7.50. The highest BCUT2D eigenvalue weighted by atomic mass is 79.9. The lowest BCUT2D eigenvalue weighted by Crippen LogP contribution is -2.42. The molecule has 1 heterocycles. The Bertz CT molecular complexity index is 1620. The number of hydrogen-bond acceptors (Lipinski definition) is 5. The molecule has 1 aliphatic rings. The number of nitrogens with one attached hydrogen (secondary N) is 1. The monoisotopic (exact) mass is 689 g/mol. The summed E-state index contributed by atoms with van der Waals surface area (Å²) in [6, 6.07) is 22.2. The standard InChI is InChI=1S/C34H29BrClN3O4S/c1-4-6-17-25(5-2)39-33(42)26(18-22-19-27(35)31(43-3)28(36)20-22)32(41)38-34(39)44-21-29(40)37-30(23-13-9-7-10-14-23)24-15-11-8-12-16-24/h4-20,30H,1,21H2,2-3H3,(H,37,40)/b17-6-,25-5+,26-18+. The lowest BCUT2D eigenvalue weighted by Gasteiger charge is -2.28. The lowest BCUT2D eigenvalue weighted by atomic mass is 9.99. The van der Waals surface area contributed by atoms with E-state index in [0.29, 0.717) is 26.5 Å². The first kappa shape index (κ1) is 32.7. The van der Waals surface area contributed by atoms with Gasteiger partial charge in [0.2, 0.25) is 5.91 Å². The number of ether oxygens (including phenoxy) is 1. The van der Waals surface area contributed by atoms with Gasteiger partial charge in [-0.3, -0.25) is 19.3 Å². The molecule has 44 heavy (non-hydrogen) atoms. The second-order valence-electron chi connectivity index (χ2n) is 9.33. The topological polar surface area (TPSA) is 88.1 Å². The van der Waals surface area contributed by atoms with Crippen molar-refractivity contribution in [2.45, 2.75) is 13.0 Å². The Morgan fingerprint density at radius 3 is 2.30 bits per heavy atom. The third kappa shape index (κ3) is 7.85. The van der Waals surface area contributed by atoms with E-state index < -0.39 is 11.8 Å². The first-order valence-corrected chi connectivity index (χ1v) is 15.6. The summed E-state index contributed by atoms with van der Waals surface area (Å²) >= 11 is 10.7. The summed E-state index contributed by atoms with van der Waals surface area (Å²) in [7, 11) is 1.49. The number of nitrogens with zero attached hydrogens (tertiary/aromatic N) is 2. The van der Waals surface area contributed by atoms with Crippen LogP contribution in [0.3, 0.4) is 0 Å². The molecular weight excluding hydrogens is 662 g/mol. The average molecular weight is 691 g/mol. The maximum absolute atomic E-state index is 13.9. The molecule has 0 bridgehead atoms. The number of carbonyl (C=O) groups is 3. The smallest absolute Gasteiger partial charge is 0.285 e. The van der Waals surface area contributed by atoms with Crippen molar-refractivity contribution in [2.24, 2.45) is 4.99 Å². The summed E-state index contributed by atoms with van der Waals surface area (Å²) in [6.07, 6.45) is 8.06. The molecule has 0 saturated heterocycles. The van der Waals surface area contributed by atoms with Crippen molar-refractivity contribution in [2.75, 3.05) is 12.9 Å². The van der Waals surface area contributed by atoms with Gasteiger partial charge in [0.15, 0.2) is 10.9 Å². The van der Waals surface area contributed by atoms with Crippen LogP contribution in [0.2, 0.25) is 5.02 Å². The van der Waals surface area contributed by atoms with E-state index in [4.69, 9.17) is 16.3 Å². The third-order valence-corrected chi connectivity index (χ3v) is 8.26. The quantitative estimate of drug-likeness (QED) is 0.135. The van der Waals surface area contributed by atoms with E-state index in [1.54, 1.807) is 43.4 Å². The molecule has 3 aromatic rings. The second-order valence-corrected chi connectivity index (χ2v) is 11.5. The number of amides is 3. The van der Waals surface area contributed by atoms with Crippen LogP contribution in [0.25, 0.3) is 6.08 Å². The highest BCUT2D eigenvalue weighted by Crippen LogP contribution is 2.35. The minimum Gasteiger partial charge on any atom is -0.494 e. The summed E-state index contributed by atoms with van der Waals surface area (Å²) in [4.78, 5) is 46.0. The second kappa shape index (κ2) is 15.5. The van der Waals surface area contributed by atoms with Crippen LogP contribution in [-0.2, 0) is 14.4 Å². The third-order valence-electron chi connectivity index (χ3n) is 6.45. The first-order chi connectivity index (χ1) is 21.3. The van der Waals surface area contributed by atoms with E-state index in [-0.39, 0.29) is 28.4 Å². The number of methoxy groups -OCH3 is 1. The molecule has 1 N–H and O–H groups in total. The molecular formula is C34H29BrClN3O4S. The fourth-order valence-electron chi connectivity index (χ4n) is 4.42. The van der Waals surface area contributed by atoms with Gasteiger partial charge in [0.25, 0.3) is 11.8 Å². The Hall–Kier alpha value is -4.18. The van der Waals surface area contributed by atoms with E-state index in [1.165, 1.54) is 18.1 Å². The molecule has 1 aliphatic heterocycles. The van der Waals surface area contributed by atoms with Crippen molar-refractivity contribution >= 4 is 68.3 Å². The zero-order chi connectivity index (χ0) is 31.6. The molecule has 0 radical (unpaired) electrons. The molecule has 0 aliphatic carbocycles. The van der Waals surface area contributed by atoms with Crippen LogP contribution >= 0.6 is 39.3 Å². The molecule has 0 fully saturated rings. The SMILES string of the molecule is C=C/C=C\C(=C/C)N1C(=O)/C(=C/c2cc(Cl)c(OC)c(Br)c2)C(=O)N=C1SCC(=O)NC(c1ccccc1)c1ccccc1. The van der Waals surface area contributed by atoms with Gasteiger partial charge in [-0.25, -0.2) is 0 Å². The van der Waals surface area contributed by atoms with Gasteiger partial charge in [-0.15, -0.1) is 0 Å². The van der Waals surface area contributed by atoms with Gasteiger partial charge in [0.05, 0.1) is 28.4 Å². The molecule has 7 nitrogen and oxygen atoms in total. The van der Waals surface area contributed by atoms with Crippen LogP contribution in [0.5, 0.6) is 5.75 Å². The van der Waals surface area contributed by atoms with Crippen LogP contribution < -0.4 is 10.1 Å². The van der Waals surface area contributed by atoms with Crippen LogP contribution in [0, 0.1) is 0 Å². The van der Waals surface area contributed by atoms with Gasteiger partial charge in [0, 0.05) is 5.70 Å². The van der Waals surface area contributed by atoms with Crippen molar-refractivity contribution in [3.8, 4) is 5.75 Å². The van der Waals surface area contributed by atoms with Crippen molar-refractivity contribution in [3.63, 3.8) is 0 Å². The van der Waals surface area contributed by atoms with E-state index in [0.717, 1.165) is 22.9 Å². The summed E-state index contributed by atoms with van der Waals surface area (Å²) in [5, 5.41) is 3.47. The summed E-state index contributed by atoms with van der Waals surface area (Å²) in [5.41, 5.74) is 2.64. The van der Waals surface area contributed by atoms with E-state index in [9.17, 15) is 14.4 Å². The summed E-state index contributed by atoms with van der Waals surface area (Å²) < 4.78 is 5.84. The van der Waals surface area contributed by atoms with Gasteiger partial charge in [-0.1, -0.05) is 109 Å². The molecule has 224 valence electrons. The van der Waals surface area contributed by atoms with Crippen LogP contribution in [0.4, 0.5) is 0 Å². The normalized spacial score (nSPS) is 14.8. The Balaban J connectivity index is 1.64. The Kier molecular flexibility index (Phi) is 11.5. The maximum atomic E-state index is 13.9. The number of rotatable bonds is 10. The molecule has 4 rings (SSSR count). The predicted molar refractivity (Wildman–Crippen MR) is 181 cm³/mol. The van der Waals surface area contributed by atoms with Gasteiger partial charge < -0.3 is 10.1 Å². The number of halogens is 2. The summed E-state index contributed by atoms with van der Waals surface area (Å²) in [5.74, 6) is -1.28. The van der Waals surface area contributed by atoms with Gasteiger partial charge in [0.1, 0.15) is 5.57 Å². The number of amidine groups is 1. The van der Waals surface area contributed by atoms with Gasteiger partial charge >= 0.3 is 0 Å². The Morgan fingerprint density at radius 1 is 1.11 bits per heavy atom. The highest BCUT2D eigenvalue weighted by molar-refractivity contribution is 9.10. The zero-order valence-corrected chi connectivity index (χ0v) is 27.2. The minimum atomic E-state index is -0.730. The Morgan fingerprint density at radius 2 is 1.75 bits per heavy atom. The Labute approximate surface area is 274 Å². The van der Waals surface area contributed by atoms with Crippen LogP contribution in [0.15, 0.2) is 124 Å². The van der Waals surface area contributed by atoms with Crippen LogP contribution in [0.1, 0.15) is 29.7 Å². The van der Waals surface area contributed by atoms with Crippen LogP contribution in [-0.4, -0.2) is 40.7 Å². The van der Waals surface area contributed by atoms with Crippen molar-refractivity contribution < 1.29 is 19.1 Å². The molecule has 0 unspecified atom stereocenters. The fourth-order valence-corrected chi connectivity index (χ4v) is 6.28. The van der Waals surface area contributed by atoms with Crippen molar-refractivity contribution in [1.29, 1.82) is 0 Å². The van der Waals surface area contributed by atoms with Gasteiger partial charge in [-0.2, -0.15) is 4.99 Å². The molecule has 10 heteroatoms. The molecule has 0 spiro atoms. The summed E-state index contributed by atoms with van der Waals surface area (Å²) in [6.45, 7) is 5.46. The van der Waals surface area contributed by atoms with E-state index in [1.807, 2.05) is 60.7 Å². The highest BCUT2D eigenvalue weighted by Gasteiger charge is 2.35. The van der Waals surface area contributed by atoms with E-state index in [2.05, 4.69) is 32.8 Å². The fraction of sp³-hybridized carbons (Fsp3) is 0.118. The number of carbonyl (C=O) groups excluding carboxylic acids is 3. The minimum absolute atomic E-state index is 0.0824. The largest absolute Gasteiger partial charge is 0.494 e. The number of thioether (sulfide) groups is 1. The number of aliphatic imine (C=N–C) groups is 1. The number of benzene rings is 3. The van der Waals surface area contributed by atoms with Crippen molar-refractivity contribution in [1.82, 2.24) is 10.2 Å². The van der Waals surface area contributed by atoms with E-state index >= 15 is 0 Å². The molecule has 0 aromatic heterocycles. The lowest BCUT2D eigenvalue weighted by molar-refractivity contribution is -0.126. The van der Waals surface area contributed by atoms with Gasteiger partial charge in [-0.05, 0) is 63.8 Å². The number of allylic oxidation sites excluding steroid dienone is 4. The zero-order valence-electron chi connectivity index (χ0n) is 24.0. The molecule has 3 aromatic carbocycles. The molecule has 0 saturated carbocycles. The first-order valence-electron chi connectivity index (χ1n) is 13.5. The molecule has 3 amide bonds. The molecule has 0 atom stereocenters. The van der Waals surface area contributed by atoms with Crippen molar-refractivity contribution in [3.05, 3.63) is 141 Å². The number of hydrogen-bond donors (Lipinski definition) is 1.